The lowest BCUT2D eigenvalue weighted by molar-refractivity contribution is -0.143. The zero-order valence-electron chi connectivity index (χ0n) is 23.3. The van der Waals surface area contributed by atoms with Gasteiger partial charge in [0, 0.05) is 36.4 Å². The fourth-order valence-corrected chi connectivity index (χ4v) is 5.06. The van der Waals surface area contributed by atoms with Crippen molar-refractivity contribution in [2.75, 3.05) is 6.54 Å². The molecule has 1 aliphatic rings. The average molecular weight is 594 g/mol. The molecule has 0 aliphatic carbocycles. The summed E-state index contributed by atoms with van der Waals surface area (Å²) >= 11 is 0. The van der Waals surface area contributed by atoms with Crippen LogP contribution in [0.5, 0.6) is 5.75 Å². The van der Waals surface area contributed by atoms with Crippen LogP contribution in [-0.4, -0.2) is 80.7 Å². The molecule has 0 bridgehead atoms. The van der Waals surface area contributed by atoms with Crippen LogP contribution in [0.1, 0.15) is 36.8 Å². The van der Waals surface area contributed by atoms with Gasteiger partial charge in [0.15, 0.2) is 0 Å². The summed E-state index contributed by atoms with van der Waals surface area (Å²) < 4.78 is 0. The number of H-pyrrole nitrogens is 1. The molecule has 4 rings (SSSR count). The van der Waals surface area contributed by atoms with Gasteiger partial charge in [-0.1, -0.05) is 30.3 Å². The molecular formula is C30H35N5O8. The topological polar surface area (TPSA) is 210 Å². The Hall–Kier alpha value is -4.91. The number of aromatic nitrogens is 1. The van der Waals surface area contributed by atoms with Crippen molar-refractivity contribution in [2.45, 2.75) is 62.7 Å². The fraction of sp³-hybridized carbons (Fsp3) is 0.367. The Labute approximate surface area is 247 Å². The van der Waals surface area contributed by atoms with Gasteiger partial charge in [0.05, 0.1) is 6.04 Å². The monoisotopic (exact) mass is 593 g/mol. The number of amides is 3. The van der Waals surface area contributed by atoms with Gasteiger partial charge in [0.2, 0.25) is 17.7 Å². The average Bonchev–Trinajstić information content (AvgIpc) is 3.66. The van der Waals surface area contributed by atoms with E-state index < -0.39 is 54.3 Å². The molecule has 0 radical (unpaired) electrons. The van der Waals surface area contributed by atoms with E-state index >= 15 is 0 Å². The number of hydrogen-bond acceptors (Lipinski definition) is 7. The van der Waals surface area contributed by atoms with Crippen molar-refractivity contribution in [3.8, 4) is 5.75 Å². The Morgan fingerprint density at radius 3 is 2.23 bits per heavy atom. The first-order valence-corrected chi connectivity index (χ1v) is 14.0. The zero-order chi connectivity index (χ0) is 30.9. The number of carbonyl (C=O) groups is 5. The van der Waals surface area contributed by atoms with Gasteiger partial charge in [-0.25, -0.2) is 4.79 Å². The molecule has 228 valence electrons. The lowest BCUT2D eigenvalue weighted by Crippen LogP contribution is -2.57. The lowest BCUT2D eigenvalue weighted by atomic mass is 10.0. The highest BCUT2D eigenvalue weighted by atomic mass is 16.4. The Morgan fingerprint density at radius 1 is 0.860 bits per heavy atom. The SMILES string of the molecule is O=C(O)CCC(NC(=O)C(Cc1c[nH]c2ccccc12)NC(=O)C1CCCN1)C(=O)NC(Cc1ccc(O)cc1)C(=O)O. The number of carboxylic acid groups (broad SMARTS) is 2. The van der Waals surface area contributed by atoms with Crippen LogP contribution in [0, 0.1) is 0 Å². The smallest absolute Gasteiger partial charge is 0.326 e. The van der Waals surface area contributed by atoms with Crippen LogP contribution in [0.25, 0.3) is 10.9 Å². The van der Waals surface area contributed by atoms with Gasteiger partial charge in [-0.2, -0.15) is 0 Å². The number of carboxylic acids is 2. The minimum atomic E-state index is -1.39. The summed E-state index contributed by atoms with van der Waals surface area (Å²) in [6.45, 7) is 0.670. The minimum absolute atomic E-state index is 0.00546. The maximum Gasteiger partial charge on any atom is 0.326 e. The highest BCUT2D eigenvalue weighted by Crippen LogP contribution is 2.20. The molecule has 43 heavy (non-hydrogen) atoms. The van der Waals surface area contributed by atoms with Crippen LogP contribution in [0.4, 0.5) is 0 Å². The first kappa shape index (κ1) is 31.0. The van der Waals surface area contributed by atoms with E-state index in [0.717, 1.165) is 22.9 Å². The second kappa shape index (κ2) is 14.3. The quantitative estimate of drug-likeness (QED) is 0.133. The number of para-hydroxylation sites is 1. The number of phenolic OH excluding ortho intramolecular Hbond substituents is 1. The van der Waals surface area contributed by atoms with Gasteiger partial charge < -0.3 is 41.6 Å². The molecule has 3 amide bonds. The molecule has 1 fully saturated rings. The van der Waals surface area contributed by atoms with Gasteiger partial charge in [-0.15, -0.1) is 0 Å². The van der Waals surface area contributed by atoms with Crippen molar-refractivity contribution in [1.29, 1.82) is 0 Å². The van der Waals surface area contributed by atoms with Crippen LogP contribution in [-0.2, 0) is 36.8 Å². The molecule has 4 atom stereocenters. The summed E-state index contributed by atoms with van der Waals surface area (Å²) in [7, 11) is 0. The second-order valence-corrected chi connectivity index (χ2v) is 10.5. The first-order chi connectivity index (χ1) is 20.6. The molecule has 2 heterocycles. The van der Waals surface area contributed by atoms with E-state index in [9.17, 15) is 39.3 Å². The third kappa shape index (κ3) is 8.55. The van der Waals surface area contributed by atoms with Gasteiger partial charge >= 0.3 is 11.9 Å². The molecule has 0 spiro atoms. The van der Waals surface area contributed by atoms with Gasteiger partial charge in [-0.3, -0.25) is 19.2 Å². The van der Waals surface area contributed by atoms with E-state index in [1.165, 1.54) is 24.3 Å². The molecule has 8 N–H and O–H groups in total. The van der Waals surface area contributed by atoms with Gasteiger partial charge in [0.25, 0.3) is 0 Å². The van der Waals surface area contributed by atoms with Crippen LogP contribution in [0.2, 0.25) is 0 Å². The first-order valence-electron chi connectivity index (χ1n) is 14.0. The number of nitrogens with one attached hydrogen (secondary N) is 5. The number of aromatic hydroxyl groups is 1. The number of benzene rings is 2. The van der Waals surface area contributed by atoms with Crippen molar-refractivity contribution in [1.82, 2.24) is 26.3 Å². The molecule has 13 nitrogen and oxygen atoms in total. The van der Waals surface area contributed by atoms with E-state index in [1.54, 1.807) is 6.20 Å². The number of rotatable bonds is 14. The minimum Gasteiger partial charge on any atom is -0.508 e. The molecule has 4 unspecified atom stereocenters. The van der Waals surface area contributed by atoms with Crippen molar-refractivity contribution in [3.63, 3.8) is 0 Å². The summed E-state index contributed by atoms with van der Waals surface area (Å²) in [6, 6.07) is 8.88. The molecule has 13 heteroatoms. The highest BCUT2D eigenvalue weighted by molar-refractivity contribution is 5.95. The van der Waals surface area contributed by atoms with Crippen molar-refractivity contribution in [3.05, 3.63) is 65.9 Å². The number of aliphatic carboxylic acids is 2. The zero-order valence-corrected chi connectivity index (χ0v) is 23.3. The number of fused-ring (bicyclic) bond motifs is 1. The molecule has 3 aromatic rings. The standard InChI is InChI=1S/C30H35N5O8/c36-19-9-7-17(8-10-19)14-25(30(42)43)35-28(40)23(11-12-26(37)38)33-29(41)24(34-27(39)22-6-3-13-31-22)15-18-16-32-21-5-2-1-4-20(18)21/h1-2,4-5,7-10,16,22-25,31-32,36H,3,6,11-15H2,(H,33,41)(H,34,39)(H,35,40)(H,37,38)(H,42,43). The molecular weight excluding hydrogens is 558 g/mol. The predicted octanol–water partition coefficient (Wildman–Crippen LogP) is 0.815. The summed E-state index contributed by atoms with van der Waals surface area (Å²) in [4.78, 5) is 66.3. The predicted molar refractivity (Wildman–Crippen MR) is 155 cm³/mol. The van der Waals surface area contributed by atoms with Crippen molar-refractivity contribution in [2.24, 2.45) is 0 Å². The van der Waals surface area contributed by atoms with Crippen LogP contribution in [0.3, 0.4) is 0 Å². The normalized spacial score (nSPS) is 16.6. The van der Waals surface area contributed by atoms with Crippen molar-refractivity contribution < 1.29 is 39.3 Å². The van der Waals surface area contributed by atoms with Gasteiger partial charge in [-0.05, 0) is 55.1 Å². The molecule has 1 saturated heterocycles. The highest BCUT2D eigenvalue weighted by Gasteiger charge is 2.32. The Morgan fingerprint density at radius 2 is 1.56 bits per heavy atom. The van der Waals surface area contributed by atoms with E-state index in [0.29, 0.717) is 18.5 Å². The third-order valence-corrected chi connectivity index (χ3v) is 7.38. The van der Waals surface area contributed by atoms with Crippen LogP contribution in [0.15, 0.2) is 54.7 Å². The Balaban J connectivity index is 1.53. The van der Waals surface area contributed by atoms with E-state index in [4.69, 9.17) is 0 Å². The Bertz CT molecular complexity index is 1460. The molecule has 2 aromatic carbocycles. The largest absolute Gasteiger partial charge is 0.508 e. The number of phenols is 1. The Kier molecular flexibility index (Phi) is 10.3. The van der Waals surface area contributed by atoms with E-state index in [-0.39, 0.29) is 30.9 Å². The maximum atomic E-state index is 13.6. The van der Waals surface area contributed by atoms with Crippen LogP contribution < -0.4 is 21.3 Å². The summed E-state index contributed by atoms with van der Waals surface area (Å²) in [6.07, 6.45) is 2.34. The van der Waals surface area contributed by atoms with Gasteiger partial charge in [0.1, 0.15) is 23.9 Å². The maximum absolute atomic E-state index is 13.6. The molecule has 1 aliphatic heterocycles. The molecule has 0 saturated carbocycles. The van der Waals surface area contributed by atoms with Crippen LogP contribution >= 0.6 is 0 Å². The van der Waals surface area contributed by atoms with Crippen molar-refractivity contribution >= 4 is 40.6 Å². The summed E-state index contributed by atoms with van der Waals surface area (Å²) in [5.41, 5.74) is 2.12. The number of hydrogen-bond donors (Lipinski definition) is 8. The summed E-state index contributed by atoms with van der Waals surface area (Å²) in [5, 5.41) is 40.2. The molecule has 1 aromatic heterocycles. The third-order valence-electron chi connectivity index (χ3n) is 7.38. The van der Waals surface area contributed by atoms with E-state index in [2.05, 4.69) is 26.3 Å². The second-order valence-electron chi connectivity index (χ2n) is 10.5. The lowest BCUT2D eigenvalue weighted by Gasteiger charge is -2.25. The number of aromatic amines is 1. The van der Waals surface area contributed by atoms with E-state index in [1.807, 2.05) is 24.3 Å². The fourth-order valence-electron chi connectivity index (χ4n) is 5.06. The number of carbonyl (C=O) groups excluding carboxylic acids is 3. The summed E-state index contributed by atoms with van der Waals surface area (Å²) in [5.74, 6) is -4.51.